The zero-order valence-corrected chi connectivity index (χ0v) is 34.8. The molecule has 6 heteroatoms. The molecule has 57 heavy (non-hydrogen) atoms. The second-order valence-electron chi connectivity index (χ2n) is 16.3. The Morgan fingerprint density at radius 3 is 2.23 bits per heavy atom. The molecule has 0 amide bonds. The molecule has 4 aliphatic rings. The number of aryl methyl sites for hydroxylation is 5. The van der Waals surface area contributed by atoms with E-state index in [1.54, 1.807) is 0 Å². The van der Waals surface area contributed by atoms with Gasteiger partial charge in [0.05, 0.1) is 0 Å². The molecule has 284 valence electrons. The fourth-order valence-electron chi connectivity index (χ4n) is 8.31. The van der Waals surface area contributed by atoms with Gasteiger partial charge in [0, 0.05) is 11.8 Å². The number of fused-ring (bicyclic) bond motifs is 3. The van der Waals surface area contributed by atoms with Crippen molar-refractivity contribution in [2.24, 2.45) is 0 Å². The van der Waals surface area contributed by atoms with E-state index in [-0.39, 0.29) is 5.41 Å². The Hall–Kier alpha value is -5.77. The summed E-state index contributed by atoms with van der Waals surface area (Å²) in [7, 11) is 0. The molecule has 4 aromatic heterocycles. The Bertz CT molecular complexity index is 3050. The van der Waals surface area contributed by atoms with E-state index in [1.165, 1.54) is 39.0 Å². The first-order valence-corrected chi connectivity index (χ1v) is 20.8. The zero-order chi connectivity index (χ0) is 38.8. The van der Waals surface area contributed by atoms with Crippen molar-refractivity contribution in [3.8, 4) is 34.1 Å². The maximum atomic E-state index is 6.59. The van der Waals surface area contributed by atoms with Gasteiger partial charge in [0.1, 0.15) is 0 Å². The Morgan fingerprint density at radius 2 is 1.46 bits per heavy atom. The SMILES string of the molecule is Cc1cc(-n2c3[c-]c(Oc4[c-]c(-n5cc6c7ccc(n6[c]5=[Pt])CCc5ccc(cc5)CC7)ccc4)ccc3c3ccccc32)ncc1-c1ccc(C(C)(C)C)cc1. The van der Waals surface area contributed by atoms with Crippen LogP contribution in [0, 0.1) is 22.9 Å². The van der Waals surface area contributed by atoms with Crippen molar-refractivity contribution < 1.29 is 24.1 Å². The third-order valence-electron chi connectivity index (χ3n) is 11.5. The van der Waals surface area contributed by atoms with Crippen LogP contribution in [-0.2, 0) is 50.5 Å². The second kappa shape index (κ2) is 14.0. The average molecular weight is 922 g/mol. The molecule has 0 unspecified atom stereocenters. The van der Waals surface area contributed by atoms with Crippen LogP contribution in [0.4, 0.5) is 0 Å². The molecule has 0 spiro atoms. The van der Waals surface area contributed by atoms with Crippen molar-refractivity contribution in [2.45, 2.75) is 58.8 Å². The van der Waals surface area contributed by atoms with Crippen molar-refractivity contribution >= 4 is 27.3 Å². The summed E-state index contributed by atoms with van der Waals surface area (Å²) in [4.78, 5) is 5.06. The van der Waals surface area contributed by atoms with Crippen molar-refractivity contribution in [1.29, 1.82) is 0 Å². The van der Waals surface area contributed by atoms with E-state index in [2.05, 4.69) is 182 Å². The molecule has 5 nitrogen and oxygen atoms in total. The molecule has 0 fully saturated rings. The molecule has 2 aliphatic heterocycles. The number of pyridine rings is 2. The predicted molar refractivity (Wildman–Crippen MR) is 226 cm³/mol. The Morgan fingerprint density at radius 1 is 0.702 bits per heavy atom. The summed E-state index contributed by atoms with van der Waals surface area (Å²) in [6, 6.07) is 50.8. The van der Waals surface area contributed by atoms with Crippen molar-refractivity contribution in [3.63, 3.8) is 0 Å². The first kappa shape index (κ1) is 35.6. The van der Waals surface area contributed by atoms with Gasteiger partial charge in [0.25, 0.3) is 0 Å². The molecule has 6 heterocycles. The fourth-order valence-corrected chi connectivity index (χ4v) is 9.33. The minimum Gasteiger partial charge on any atom is -0.0579 e. The minimum absolute atomic E-state index is 0.106. The average Bonchev–Trinajstić information content (AvgIpc) is 3.73. The number of para-hydroxylation sites is 1. The summed E-state index contributed by atoms with van der Waals surface area (Å²) in [5, 5.41) is 2.25. The van der Waals surface area contributed by atoms with Crippen LogP contribution in [0.25, 0.3) is 50.0 Å². The van der Waals surface area contributed by atoms with Crippen LogP contribution >= 0.6 is 0 Å². The summed E-state index contributed by atoms with van der Waals surface area (Å²) < 4.78 is 14.6. The number of aromatic nitrogens is 4. The van der Waals surface area contributed by atoms with Gasteiger partial charge in [-0.1, -0.05) is 57.2 Å². The second-order valence-corrected chi connectivity index (χ2v) is 17.3. The van der Waals surface area contributed by atoms with E-state index in [9.17, 15) is 0 Å². The van der Waals surface area contributed by atoms with Gasteiger partial charge in [-0.05, 0) is 29.0 Å². The van der Waals surface area contributed by atoms with Crippen LogP contribution < -0.4 is 4.74 Å². The molecular weight excluding hydrogens is 880 g/mol. The van der Waals surface area contributed by atoms with Crippen LogP contribution in [0.15, 0.2) is 134 Å². The molecule has 2 aliphatic carbocycles. The number of hydrogen-bond acceptors (Lipinski definition) is 2. The minimum atomic E-state index is 0.106. The van der Waals surface area contributed by atoms with Gasteiger partial charge in [-0.25, -0.2) is 0 Å². The fraction of sp³-hybridized carbons (Fsp3) is 0.176. The van der Waals surface area contributed by atoms with Gasteiger partial charge >= 0.3 is 248 Å². The van der Waals surface area contributed by atoms with Gasteiger partial charge < -0.3 is 0 Å². The van der Waals surface area contributed by atoms with Gasteiger partial charge in [0.2, 0.25) is 0 Å². The molecule has 13 rings (SSSR count). The first-order chi connectivity index (χ1) is 27.7. The van der Waals surface area contributed by atoms with Gasteiger partial charge in [-0.2, -0.15) is 0 Å². The van der Waals surface area contributed by atoms with Crippen LogP contribution in [0.1, 0.15) is 54.3 Å². The van der Waals surface area contributed by atoms with Crippen LogP contribution in [-0.4, -0.2) is 18.5 Å². The van der Waals surface area contributed by atoms with E-state index in [0.29, 0.717) is 11.5 Å². The van der Waals surface area contributed by atoms with E-state index in [4.69, 9.17) is 9.72 Å². The summed E-state index contributed by atoms with van der Waals surface area (Å²) in [5.74, 6) is 2.10. The Labute approximate surface area is 344 Å². The standard InChI is InChI=1S/C51H42N4O.Pt/c1-34-28-50(52-31-46(34)37-19-22-39(23-20-37)51(2,3)4)55-47-11-6-5-10-44(47)45-27-26-43(30-48(45)55)56-42-9-7-8-41(29-42)53-32-49-38-18-16-35-12-14-36(15-13-35)17-24-40(25-21-38)54(49)33-53;/h5-15,19-23,25-28,31-32H,16-18,24H2,1-4H3;/q-2;. The van der Waals surface area contributed by atoms with E-state index >= 15 is 0 Å². The van der Waals surface area contributed by atoms with E-state index in [0.717, 1.165) is 73.9 Å². The maximum absolute atomic E-state index is 6.59. The molecule has 0 saturated heterocycles. The number of hydrogen-bond donors (Lipinski definition) is 0. The summed E-state index contributed by atoms with van der Waals surface area (Å²) >= 11 is 2.47. The normalized spacial score (nSPS) is 13.1. The van der Waals surface area contributed by atoms with Crippen molar-refractivity contribution in [3.05, 3.63) is 183 Å². The van der Waals surface area contributed by atoms with Gasteiger partial charge in [-0.3, -0.25) is 0 Å². The van der Waals surface area contributed by atoms with E-state index in [1.807, 2.05) is 24.4 Å². The zero-order valence-electron chi connectivity index (χ0n) is 32.5. The summed E-state index contributed by atoms with van der Waals surface area (Å²) in [6.07, 6.45) is 8.23. The summed E-state index contributed by atoms with van der Waals surface area (Å²) in [6.45, 7) is 8.90. The van der Waals surface area contributed by atoms with Crippen molar-refractivity contribution in [2.75, 3.05) is 0 Å². The first-order valence-electron chi connectivity index (χ1n) is 19.7. The molecule has 0 N–H and O–H groups in total. The Balaban J connectivity index is 1.00. The van der Waals surface area contributed by atoms with E-state index < -0.39 is 0 Å². The third kappa shape index (κ3) is 6.48. The van der Waals surface area contributed by atoms with Crippen LogP contribution in [0.2, 0.25) is 0 Å². The van der Waals surface area contributed by atoms with Gasteiger partial charge in [0.15, 0.2) is 0 Å². The van der Waals surface area contributed by atoms with Gasteiger partial charge in [-0.15, -0.1) is 0 Å². The number of nitrogens with zero attached hydrogens (tertiary/aromatic N) is 4. The molecule has 0 radical (unpaired) electrons. The van der Waals surface area contributed by atoms with Crippen LogP contribution in [0.3, 0.4) is 0 Å². The number of benzene rings is 5. The molecule has 4 bridgehead atoms. The molecule has 5 aromatic carbocycles. The number of ether oxygens (including phenoxy) is 1. The number of rotatable bonds is 5. The van der Waals surface area contributed by atoms with Crippen molar-refractivity contribution in [1.82, 2.24) is 18.5 Å². The smallest absolute Gasteiger partial charge is 0.0579 e. The molecule has 0 atom stereocenters. The van der Waals surface area contributed by atoms with Crippen LogP contribution in [0.5, 0.6) is 11.5 Å². The number of imidazole rings is 1. The molecular formula is C51H42N4OPt-2. The Kier molecular flexibility index (Phi) is 8.75. The monoisotopic (exact) mass is 921 g/mol. The predicted octanol–water partition coefficient (Wildman–Crippen LogP) is 11.9. The molecule has 0 saturated carbocycles. The molecule has 9 aromatic rings. The quantitative estimate of drug-likeness (QED) is 0.161. The summed E-state index contributed by atoms with van der Waals surface area (Å²) in [5.41, 5.74) is 14.5. The topological polar surface area (TPSA) is 36.4 Å². The third-order valence-corrected chi connectivity index (χ3v) is 12.5.